The second kappa shape index (κ2) is 4.94. The number of rotatable bonds is 3. The molecule has 0 atom stereocenters. The molecule has 0 fully saturated rings. The third-order valence-corrected chi connectivity index (χ3v) is 1.56. The van der Waals surface area contributed by atoms with E-state index in [2.05, 4.69) is 21.5 Å². The maximum atomic E-state index is 11.1. The molecule has 0 aromatic carbocycles. The number of hydrogen-bond acceptors (Lipinski definition) is 5. The van der Waals surface area contributed by atoms with Crippen LogP contribution in [-0.2, 0) is 11.3 Å². The Balaban J connectivity index is 2.59. The Morgan fingerprint density at radius 2 is 2.40 bits per heavy atom. The van der Waals surface area contributed by atoms with Gasteiger partial charge in [0.2, 0.25) is 6.33 Å². The lowest BCUT2D eigenvalue weighted by atomic mass is 10.6. The molecule has 0 spiro atoms. The van der Waals surface area contributed by atoms with Crippen molar-refractivity contribution < 1.29 is 9.53 Å². The summed E-state index contributed by atoms with van der Waals surface area (Å²) in [6.07, 6.45) is 1.67. The lowest BCUT2D eigenvalue weighted by molar-refractivity contribution is 0.170. The maximum Gasteiger partial charge on any atom is 0.406 e. The van der Waals surface area contributed by atoms with Gasteiger partial charge in [0.1, 0.15) is 0 Å². The molecule has 1 rings (SSSR count). The largest absolute Gasteiger partial charge is 0.453 e. The van der Waals surface area contributed by atoms with Crippen LogP contribution in [0, 0.1) is 6.33 Å². The number of hydrogen-bond donors (Lipinski definition) is 2. The Morgan fingerprint density at radius 3 is 3.07 bits per heavy atom. The van der Waals surface area contributed by atoms with Crippen LogP contribution in [0.25, 0.3) is 0 Å². The van der Waals surface area contributed by atoms with Crippen LogP contribution in [0.15, 0.2) is 9.59 Å². The van der Waals surface area contributed by atoms with Crippen LogP contribution in [0.1, 0.15) is 0 Å². The molecule has 0 saturated carbocycles. The lowest BCUT2D eigenvalue weighted by Gasteiger charge is -2.03. The van der Waals surface area contributed by atoms with E-state index in [1.165, 1.54) is 7.11 Å². The molecule has 0 aliphatic carbocycles. The number of alkyl carbamates (subject to hydrolysis) is 1. The van der Waals surface area contributed by atoms with Gasteiger partial charge in [-0.2, -0.15) is 5.10 Å². The van der Waals surface area contributed by atoms with Gasteiger partial charge < -0.3 is 10.1 Å². The Morgan fingerprint density at radius 1 is 1.67 bits per heavy atom. The number of ether oxygens (including phenoxy) is 1. The Hall–Kier alpha value is -2.12. The van der Waals surface area contributed by atoms with E-state index in [9.17, 15) is 14.4 Å². The quantitative estimate of drug-likeness (QED) is 0.570. The first kappa shape index (κ1) is 11.0. The standard InChI is InChI=1S/C7H9N4O4/c1-15-7(14)8-2-3-11-4-9-10-5(12)6(11)13/h2-3H2,1H3,(H,8,14)(H,10,12). The molecule has 1 heterocycles. The number of amides is 1. The number of H-pyrrole nitrogens is 1. The van der Waals surface area contributed by atoms with Crippen molar-refractivity contribution in [3.63, 3.8) is 0 Å². The topological polar surface area (TPSA) is 106 Å². The van der Waals surface area contributed by atoms with Gasteiger partial charge in [-0.3, -0.25) is 14.2 Å². The van der Waals surface area contributed by atoms with Gasteiger partial charge in [-0.05, 0) is 0 Å². The number of carbonyl (C=O) groups is 1. The molecule has 1 aromatic rings. The van der Waals surface area contributed by atoms with Crippen LogP contribution in [0.2, 0.25) is 0 Å². The van der Waals surface area contributed by atoms with Crippen molar-refractivity contribution in [2.75, 3.05) is 13.7 Å². The minimum absolute atomic E-state index is 0.102. The average Bonchev–Trinajstić information content (AvgIpc) is 2.24. The SMILES string of the molecule is COC(=O)NCCn1[c]n[nH]c(=O)c1=O. The summed E-state index contributed by atoms with van der Waals surface area (Å²) in [6.45, 7) is 0.249. The number of nitrogens with zero attached hydrogens (tertiary/aromatic N) is 2. The summed E-state index contributed by atoms with van der Waals surface area (Å²) in [6, 6.07) is 0. The van der Waals surface area contributed by atoms with Crippen LogP contribution in [-0.4, -0.2) is 34.5 Å². The second-order valence-corrected chi connectivity index (χ2v) is 2.53. The molecular formula is C7H9N4O4. The minimum Gasteiger partial charge on any atom is -0.453 e. The van der Waals surface area contributed by atoms with Crippen molar-refractivity contribution in [3.05, 3.63) is 27.0 Å². The van der Waals surface area contributed by atoms with Crippen molar-refractivity contribution in [1.29, 1.82) is 0 Å². The van der Waals surface area contributed by atoms with Crippen LogP contribution >= 0.6 is 0 Å². The number of nitrogens with one attached hydrogen (secondary N) is 2. The van der Waals surface area contributed by atoms with Gasteiger partial charge in [-0.1, -0.05) is 0 Å². The van der Waals surface area contributed by atoms with Crippen molar-refractivity contribution in [2.24, 2.45) is 0 Å². The highest BCUT2D eigenvalue weighted by atomic mass is 16.5. The molecule has 0 bridgehead atoms. The van der Waals surface area contributed by atoms with E-state index in [0.29, 0.717) is 0 Å². The van der Waals surface area contributed by atoms with Gasteiger partial charge in [-0.25, -0.2) is 9.89 Å². The molecule has 8 nitrogen and oxygen atoms in total. The third kappa shape index (κ3) is 2.93. The van der Waals surface area contributed by atoms with Crippen molar-refractivity contribution in [1.82, 2.24) is 20.1 Å². The molecule has 0 aliphatic rings. The molecule has 1 radical (unpaired) electrons. The van der Waals surface area contributed by atoms with E-state index in [0.717, 1.165) is 4.57 Å². The summed E-state index contributed by atoms with van der Waals surface area (Å²) in [7, 11) is 1.22. The molecule has 8 heteroatoms. The number of aromatic nitrogens is 3. The first-order chi connectivity index (χ1) is 7.15. The Kier molecular flexibility index (Phi) is 3.61. The van der Waals surface area contributed by atoms with Gasteiger partial charge in [0.05, 0.1) is 7.11 Å². The number of methoxy groups -OCH3 is 1. The van der Waals surface area contributed by atoms with Crippen LogP contribution in [0.4, 0.5) is 4.79 Å². The zero-order valence-corrected chi connectivity index (χ0v) is 7.94. The molecule has 81 valence electrons. The number of carbonyl (C=O) groups excluding carboxylic acids is 1. The van der Waals surface area contributed by atoms with Crippen molar-refractivity contribution in [3.8, 4) is 0 Å². The first-order valence-corrected chi connectivity index (χ1v) is 4.04. The van der Waals surface area contributed by atoms with E-state index in [1.54, 1.807) is 0 Å². The van der Waals surface area contributed by atoms with Crippen LogP contribution in [0.3, 0.4) is 0 Å². The summed E-state index contributed by atoms with van der Waals surface area (Å²) in [5.41, 5.74) is -1.59. The lowest BCUT2D eigenvalue weighted by Crippen LogP contribution is -2.39. The summed E-state index contributed by atoms with van der Waals surface area (Å²) in [5, 5.41) is 7.61. The van der Waals surface area contributed by atoms with Gasteiger partial charge in [0, 0.05) is 13.1 Å². The zero-order valence-electron chi connectivity index (χ0n) is 7.94. The van der Waals surface area contributed by atoms with Gasteiger partial charge >= 0.3 is 17.2 Å². The zero-order chi connectivity index (χ0) is 11.3. The van der Waals surface area contributed by atoms with Gasteiger partial charge in [0.25, 0.3) is 0 Å². The van der Waals surface area contributed by atoms with Crippen molar-refractivity contribution in [2.45, 2.75) is 6.54 Å². The highest BCUT2D eigenvalue weighted by Crippen LogP contribution is 1.74. The summed E-state index contributed by atoms with van der Waals surface area (Å²) in [4.78, 5) is 32.6. The van der Waals surface area contributed by atoms with E-state index < -0.39 is 17.2 Å². The third-order valence-electron chi connectivity index (χ3n) is 1.56. The fourth-order valence-electron chi connectivity index (χ4n) is 0.845. The van der Waals surface area contributed by atoms with E-state index in [1.807, 2.05) is 5.10 Å². The molecule has 0 unspecified atom stereocenters. The Bertz CT molecular complexity index is 449. The molecular weight excluding hydrogens is 204 g/mol. The summed E-state index contributed by atoms with van der Waals surface area (Å²) < 4.78 is 5.28. The maximum absolute atomic E-state index is 11.1. The number of aromatic amines is 1. The molecule has 1 amide bonds. The summed E-state index contributed by atoms with van der Waals surface area (Å²) >= 11 is 0. The van der Waals surface area contributed by atoms with Gasteiger partial charge in [-0.15, -0.1) is 0 Å². The highest BCUT2D eigenvalue weighted by Gasteiger charge is 2.02. The van der Waals surface area contributed by atoms with Crippen LogP contribution < -0.4 is 16.4 Å². The van der Waals surface area contributed by atoms with E-state index >= 15 is 0 Å². The predicted octanol–water partition coefficient (Wildman–Crippen LogP) is -1.91. The van der Waals surface area contributed by atoms with E-state index in [-0.39, 0.29) is 13.1 Å². The highest BCUT2D eigenvalue weighted by molar-refractivity contribution is 5.66. The monoisotopic (exact) mass is 213 g/mol. The van der Waals surface area contributed by atoms with Crippen LogP contribution in [0.5, 0.6) is 0 Å². The second-order valence-electron chi connectivity index (χ2n) is 2.53. The smallest absolute Gasteiger partial charge is 0.406 e. The molecule has 0 saturated heterocycles. The fourth-order valence-corrected chi connectivity index (χ4v) is 0.845. The molecule has 2 N–H and O–H groups in total. The van der Waals surface area contributed by atoms with Gasteiger partial charge in [0.15, 0.2) is 0 Å². The normalized spacial score (nSPS) is 9.67. The predicted molar refractivity (Wildman–Crippen MR) is 48.4 cm³/mol. The van der Waals surface area contributed by atoms with E-state index in [4.69, 9.17) is 0 Å². The molecule has 0 aliphatic heterocycles. The summed E-state index contributed by atoms with van der Waals surface area (Å²) in [5.74, 6) is 0. The molecule has 15 heavy (non-hydrogen) atoms. The first-order valence-electron chi connectivity index (χ1n) is 4.04. The van der Waals surface area contributed by atoms with Crippen molar-refractivity contribution >= 4 is 6.09 Å². The average molecular weight is 213 g/mol. The Labute approximate surface area is 83.9 Å². The minimum atomic E-state index is -0.827. The fraction of sp³-hybridized carbons (Fsp3) is 0.429. The molecule has 1 aromatic heterocycles.